The van der Waals surface area contributed by atoms with Crippen LogP contribution in [0.1, 0.15) is 31.0 Å². The van der Waals surface area contributed by atoms with Crippen LogP contribution in [0, 0.1) is 12.8 Å². The average molecular weight is 221 g/mol. The van der Waals surface area contributed by atoms with Crippen LogP contribution in [0.4, 0.5) is 0 Å². The highest BCUT2D eigenvalue weighted by Gasteiger charge is 2.25. The molecule has 0 saturated carbocycles. The molecule has 0 radical (unpaired) electrons. The molecule has 2 atom stereocenters. The zero-order chi connectivity index (χ0) is 10.8. The van der Waals surface area contributed by atoms with Gasteiger partial charge in [0, 0.05) is 16.7 Å². The van der Waals surface area contributed by atoms with Crippen molar-refractivity contribution in [2.24, 2.45) is 5.92 Å². The van der Waals surface area contributed by atoms with Gasteiger partial charge in [-0.2, -0.15) is 0 Å². The number of fused-ring (bicyclic) bond motifs is 1. The Kier molecular flexibility index (Phi) is 3.37. The van der Waals surface area contributed by atoms with Crippen LogP contribution in [0.3, 0.4) is 0 Å². The van der Waals surface area contributed by atoms with E-state index in [2.05, 4.69) is 44.3 Å². The molecule has 2 rings (SSSR count). The fourth-order valence-corrected chi connectivity index (χ4v) is 3.35. The average Bonchev–Trinajstić information content (AvgIpc) is 2.23. The van der Waals surface area contributed by atoms with E-state index in [0.717, 1.165) is 12.5 Å². The highest BCUT2D eigenvalue weighted by molar-refractivity contribution is 7.99. The summed E-state index contributed by atoms with van der Waals surface area (Å²) in [6.07, 6.45) is 0. The standard InChI is InChI=1S/C13H19NS/c1-4-14-13-10(3)8-15-12-6-5-9(2)7-11(12)13/h5-7,10,13-14H,4,8H2,1-3H3. The molecule has 82 valence electrons. The van der Waals surface area contributed by atoms with Crippen LogP contribution in [-0.4, -0.2) is 12.3 Å². The Morgan fingerprint density at radius 2 is 2.27 bits per heavy atom. The number of hydrogen-bond acceptors (Lipinski definition) is 2. The Morgan fingerprint density at radius 1 is 1.47 bits per heavy atom. The molecule has 0 fully saturated rings. The summed E-state index contributed by atoms with van der Waals surface area (Å²) in [6.45, 7) is 7.75. The summed E-state index contributed by atoms with van der Waals surface area (Å²) < 4.78 is 0. The van der Waals surface area contributed by atoms with Gasteiger partial charge in [-0.25, -0.2) is 0 Å². The largest absolute Gasteiger partial charge is 0.310 e. The second-order valence-corrected chi connectivity index (χ2v) is 5.43. The predicted octanol–water partition coefficient (Wildman–Crippen LogP) is 3.39. The summed E-state index contributed by atoms with van der Waals surface area (Å²) in [7, 11) is 0. The Bertz CT molecular complexity index is 348. The molecular weight excluding hydrogens is 202 g/mol. The summed E-state index contributed by atoms with van der Waals surface area (Å²) in [5.41, 5.74) is 2.87. The lowest BCUT2D eigenvalue weighted by molar-refractivity contribution is 0.416. The number of nitrogens with one attached hydrogen (secondary N) is 1. The second kappa shape index (κ2) is 4.58. The Hall–Kier alpha value is -0.470. The maximum absolute atomic E-state index is 3.60. The maximum atomic E-state index is 3.60. The van der Waals surface area contributed by atoms with Crippen molar-refractivity contribution in [3.8, 4) is 0 Å². The van der Waals surface area contributed by atoms with Gasteiger partial charge in [-0.1, -0.05) is 31.5 Å². The molecule has 1 nitrogen and oxygen atoms in total. The third kappa shape index (κ3) is 2.21. The third-order valence-electron chi connectivity index (χ3n) is 3.00. The van der Waals surface area contributed by atoms with Crippen LogP contribution < -0.4 is 5.32 Å². The van der Waals surface area contributed by atoms with Crippen LogP contribution >= 0.6 is 11.8 Å². The Morgan fingerprint density at radius 3 is 3.00 bits per heavy atom. The number of thioether (sulfide) groups is 1. The highest BCUT2D eigenvalue weighted by Crippen LogP contribution is 2.39. The molecule has 1 aliphatic heterocycles. The van der Waals surface area contributed by atoms with Gasteiger partial charge in [-0.15, -0.1) is 11.8 Å². The molecule has 0 saturated heterocycles. The number of rotatable bonds is 2. The Labute approximate surface area is 96.7 Å². The molecular formula is C13H19NS. The monoisotopic (exact) mass is 221 g/mol. The smallest absolute Gasteiger partial charge is 0.0365 e. The summed E-state index contributed by atoms with van der Waals surface area (Å²) in [5.74, 6) is 1.96. The van der Waals surface area contributed by atoms with E-state index < -0.39 is 0 Å². The lowest BCUT2D eigenvalue weighted by Crippen LogP contribution is -2.30. The summed E-state index contributed by atoms with van der Waals surface area (Å²) in [4.78, 5) is 1.46. The van der Waals surface area contributed by atoms with E-state index in [4.69, 9.17) is 0 Å². The molecule has 0 spiro atoms. The minimum Gasteiger partial charge on any atom is -0.310 e. The van der Waals surface area contributed by atoms with E-state index in [1.807, 2.05) is 11.8 Å². The molecule has 0 amide bonds. The van der Waals surface area contributed by atoms with Gasteiger partial charge in [0.2, 0.25) is 0 Å². The molecule has 1 N–H and O–H groups in total. The first-order chi connectivity index (χ1) is 7.22. The zero-order valence-electron chi connectivity index (χ0n) is 9.71. The van der Waals surface area contributed by atoms with Crippen molar-refractivity contribution >= 4 is 11.8 Å². The van der Waals surface area contributed by atoms with E-state index >= 15 is 0 Å². The van der Waals surface area contributed by atoms with Gasteiger partial charge < -0.3 is 5.32 Å². The molecule has 1 aliphatic rings. The molecule has 1 aromatic carbocycles. The van der Waals surface area contributed by atoms with Crippen LogP contribution in [0.5, 0.6) is 0 Å². The molecule has 1 aromatic rings. The zero-order valence-corrected chi connectivity index (χ0v) is 10.5. The first-order valence-corrected chi connectivity index (χ1v) is 6.67. The van der Waals surface area contributed by atoms with Gasteiger partial charge in [0.25, 0.3) is 0 Å². The van der Waals surface area contributed by atoms with Gasteiger partial charge in [-0.3, -0.25) is 0 Å². The van der Waals surface area contributed by atoms with Gasteiger partial charge in [-0.05, 0) is 31.0 Å². The Balaban J connectivity index is 2.36. The normalized spacial score (nSPS) is 25.0. The van der Waals surface area contributed by atoms with Crippen molar-refractivity contribution in [2.75, 3.05) is 12.3 Å². The maximum Gasteiger partial charge on any atom is 0.0365 e. The second-order valence-electron chi connectivity index (χ2n) is 4.36. The van der Waals surface area contributed by atoms with E-state index in [0.29, 0.717) is 6.04 Å². The predicted molar refractivity (Wildman–Crippen MR) is 67.5 cm³/mol. The summed E-state index contributed by atoms with van der Waals surface area (Å²) in [6, 6.07) is 7.37. The molecule has 0 aliphatic carbocycles. The van der Waals surface area contributed by atoms with Crippen molar-refractivity contribution in [1.82, 2.24) is 5.32 Å². The van der Waals surface area contributed by atoms with Crippen LogP contribution in [0.25, 0.3) is 0 Å². The fraction of sp³-hybridized carbons (Fsp3) is 0.538. The van der Waals surface area contributed by atoms with Gasteiger partial charge in [0.15, 0.2) is 0 Å². The highest BCUT2D eigenvalue weighted by atomic mass is 32.2. The first-order valence-electron chi connectivity index (χ1n) is 5.69. The first kappa shape index (κ1) is 11.0. The van der Waals surface area contributed by atoms with Crippen molar-refractivity contribution in [1.29, 1.82) is 0 Å². The van der Waals surface area contributed by atoms with E-state index in [-0.39, 0.29) is 0 Å². The molecule has 1 heterocycles. The minimum absolute atomic E-state index is 0.547. The summed E-state index contributed by atoms with van der Waals surface area (Å²) >= 11 is 2.00. The van der Waals surface area contributed by atoms with E-state index in [9.17, 15) is 0 Å². The van der Waals surface area contributed by atoms with Crippen molar-refractivity contribution in [3.05, 3.63) is 29.3 Å². The molecule has 2 heteroatoms. The van der Waals surface area contributed by atoms with Gasteiger partial charge in [0.05, 0.1) is 0 Å². The lowest BCUT2D eigenvalue weighted by atomic mass is 9.94. The van der Waals surface area contributed by atoms with E-state index in [1.165, 1.54) is 21.8 Å². The fourth-order valence-electron chi connectivity index (χ4n) is 2.20. The molecule has 0 aromatic heterocycles. The van der Waals surface area contributed by atoms with Crippen molar-refractivity contribution in [2.45, 2.75) is 31.7 Å². The number of benzene rings is 1. The van der Waals surface area contributed by atoms with Gasteiger partial charge >= 0.3 is 0 Å². The molecule has 15 heavy (non-hydrogen) atoms. The van der Waals surface area contributed by atoms with E-state index in [1.54, 1.807) is 0 Å². The number of aryl methyl sites for hydroxylation is 1. The number of hydrogen-bond donors (Lipinski definition) is 1. The van der Waals surface area contributed by atoms with Gasteiger partial charge in [0.1, 0.15) is 0 Å². The summed E-state index contributed by atoms with van der Waals surface area (Å²) in [5, 5.41) is 3.60. The van der Waals surface area contributed by atoms with Crippen LogP contribution in [0.2, 0.25) is 0 Å². The quantitative estimate of drug-likeness (QED) is 0.821. The topological polar surface area (TPSA) is 12.0 Å². The van der Waals surface area contributed by atoms with Crippen LogP contribution in [-0.2, 0) is 0 Å². The van der Waals surface area contributed by atoms with Crippen molar-refractivity contribution < 1.29 is 0 Å². The molecule has 0 bridgehead atoms. The lowest BCUT2D eigenvalue weighted by Gasteiger charge is -2.31. The van der Waals surface area contributed by atoms with Crippen molar-refractivity contribution in [3.63, 3.8) is 0 Å². The SMILES string of the molecule is CCNC1c2cc(C)ccc2SCC1C. The third-order valence-corrected chi connectivity index (χ3v) is 4.37. The minimum atomic E-state index is 0.547. The molecule has 2 unspecified atom stereocenters. The van der Waals surface area contributed by atoms with Crippen LogP contribution in [0.15, 0.2) is 23.1 Å².